The molecule has 2 amide bonds. The number of nitrogens with one attached hydrogen (secondary N) is 2. The zero-order chi connectivity index (χ0) is 23.3. The standard InChI is InChI=1S/C26H32N4O2/c1-17(2)16-30-20(5)24(19(4)29-30)14-25(31)27-15-21-7-6-8-23(13-21)28-26(32)22-11-9-18(3)10-12-22/h6-13,17H,14-16H2,1-5H3,(H,27,31)(H,28,32). The maximum absolute atomic E-state index is 12.6. The fraction of sp³-hybridized carbons (Fsp3) is 0.346. The molecule has 6 heteroatoms. The first-order chi connectivity index (χ1) is 15.2. The number of aromatic nitrogens is 2. The minimum absolute atomic E-state index is 0.0469. The van der Waals surface area contributed by atoms with E-state index in [2.05, 4.69) is 29.6 Å². The monoisotopic (exact) mass is 432 g/mol. The van der Waals surface area contributed by atoms with Crippen LogP contribution in [-0.2, 0) is 24.3 Å². The molecule has 0 bridgehead atoms. The van der Waals surface area contributed by atoms with Crippen LogP contribution in [-0.4, -0.2) is 21.6 Å². The smallest absolute Gasteiger partial charge is 0.255 e. The Bertz CT molecular complexity index is 1100. The highest BCUT2D eigenvalue weighted by Crippen LogP contribution is 2.16. The van der Waals surface area contributed by atoms with E-state index in [9.17, 15) is 9.59 Å². The minimum atomic E-state index is -0.157. The molecule has 0 radical (unpaired) electrons. The zero-order valence-electron chi connectivity index (χ0n) is 19.5. The average molecular weight is 433 g/mol. The molecule has 0 atom stereocenters. The summed E-state index contributed by atoms with van der Waals surface area (Å²) in [7, 11) is 0. The molecule has 32 heavy (non-hydrogen) atoms. The van der Waals surface area contributed by atoms with E-state index in [4.69, 9.17) is 0 Å². The van der Waals surface area contributed by atoms with E-state index in [1.807, 2.05) is 74.0 Å². The average Bonchev–Trinajstić information content (AvgIpc) is 2.99. The van der Waals surface area contributed by atoms with Crippen molar-refractivity contribution < 1.29 is 9.59 Å². The Kier molecular flexibility index (Phi) is 7.46. The Hall–Kier alpha value is -3.41. The van der Waals surface area contributed by atoms with Gasteiger partial charge in [-0.2, -0.15) is 5.10 Å². The normalized spacial score (nSPS) is 10.9. The number of nitrogens with zero attached hydrogens (tertiary/aromatic N) is 2. The summed E-state index contributed by atoms with van der Waals surface area (Å²) in [5.74, 6) is 0.290. The van der Waals surface area contributed by atoms with Gasteiger partial charge in [0, 0.05) is 35.6 Å². The predicted molar refractivity (Wildman–Crippen MR) is 128 cm³/mol. The fourth-order valence-corrected chi connectivity index (χ4v) is 3.60. The van der Waals surface area contributed by atoms with Crippen LogP contribution in [0.4, 0.5) is 5.69 Å². The number of carbonyl (C=O) groups excluding carboxylic acids is 2. The van der Waals surface area contributed by atoms with E-state index in [-0.39, 0.29) is 11.8 Å². The minimum Gasteiger partial charge on any atom is -0.352 e. The van der Waals surface area contributed by atoms with Crippen molar-refractivity contribution in [3.63, 3.8) is 0 Å². The number of anilines is 1. The van der Waals surface area contributed by atoms with Crippen molar-refractivity contribution in [2.45, 2.75) is 54.1 Å². The van der Waals surface area contributed by atoms with Crippen LogP contribution in [0.5, 0.6) is 0 Å². The number of hydrogen-bond acceptors (Lipinski definition) is 3. The van der Waals surface area contributed by atoms with Gasteiger partial charge in [-0.1, -0.05) is 43.7 Å². The van der Waals surface area contributed by atoms with Gasteiger partial charge in [0.15, 0.2) is 0 Å². The number of aryl methyl sites for hydroxylation is 2. The van der Waals surface area contributed by atoms with E-state index in [0.29, 0.717) is 30.1 Å². The van der Waals surface area contributed by atoms with Gasteiger partial charge in [0.05, 0.1) is 12.1 Å². The second kappa shape index (κ2) is 10.3. The lowest BCUT2D eigenvalue weighted by atomic mass is 10.1. The molecule has 3 aromatic rings. The first kappa shape index (κ1) is 23.3. The van der Waals surface area contributed by atoms with Gasteiger partial charge in [-0.15, -0.1) is 0 Å². The van der Waals surface area contributed by atoms with Gasteiger partial charge in [-0.25, -0.2) is 0 Å². The third-order valence-corrected chi connectivity index (χ3v) is 5.40. The third-order valence-electron chi connectivity index (χ3n) is 5.40. The van der Waals surface area contributed by atoms with Gasteiger partial charge in [-0.05, 0) is 56.5 Å². The topological polar surface area (TPSA) is 76.0 Å². The van der Waals surface area contributed by atoms with Crippen LogP contribution in [0.15, 0.2) is 48.5 Å². The molecule has 2 N–H and O–H groups in total. The maximum Gasteiger partial charge on any atom is 0.255 e. The maximum atomic E-state index is 12.6. The number of rotatable bonds is 8. The quantitative estimate of drug-likeness (QED) is 0.547. The molecule has 0 spiro atoms. The summed E-state index contributed by atoms with van der Waals surface area (Å²) in [6.07, 6.45) is 0.305. The van der Waals surface area contributed by atoms with Crippen LogP contribution in [0, 0.1) is 26.7 Å². The van der Waals surface area contributed by atoms with Crippen molar-refractivity contribution in [3.8, 4) is 0 Å². The van der Waals surface area contributed by atoms with Crippen molar-refractivity contribution in [2.75, 3.05) is 5.32 Å². The number of carbonyl (C=O) groups is 2. The molecule has 0 saturated heterocycles. The molecule has 6 nitrogen and oxygen atoms in total. The van der Waals surface area contributed by atoms with E-state index in [1.165, 1.54) is 0 Å². The molecule has 1 aromatic heterocycles. The summed E-state index contributed by atoms with van der Waals surface area (Å²) >= 11 is 0. The van der Waals surface area contributed by atoms with Gasteiger partial charge in [0.25, 0.3) is 5.91 Å². The van der Waals surface area contributed by atoms with Gasteiger partial charge in [-0.3, -0.25) is 14.3 Å². The lowest BCUT2D eigenvalue weighted by Gasteiger charge is -2.10. The van der Waals surface area contributed by atoms with Crippen LogP contribution in [0.2, 0.25) is 0 Å². The molecule has 0 unspecified atom stereocenters. The second-order valence-corrected chi connectivity index (χ2v) is 8.70. The summed E-state index contributed by atoms with van der Waals surface area (Å²) in [4.78, 5) is 25.0. The Labute approximate surface area is 190 Å². The first-order valence-corrected chi connectivity index (χ1v) is 11.0. The van der Waals surface area contributed by atoms with Crippen molar-refractivity contribution in [1.82, 2.24) is 15.1 Å². The highest BCUT2D eigenvalue weighted by Gasteiger charge is 2.15. The highest BCUT2D eigenvalue weighted by molar-refractivity contribution is 6.04. The van der Waals surface area contributed by atoms with Crippen molar-refractivity contribution in [3.05, 3.63) is 82.2 Å². The summed E-state index contributed by atoms with van der Waals surface area (Å²) < 4.78 is 1.99. The Morgan fingerprint density at radius 2 is 1.75 bits per heavy atom. The van der Waals surface area contributed by atoms with Crippen molar-refractivity contribution in [1.29, 1.82) is 0 Å². The van der Waals surface area contributed by atoms with E-state index < -0.39 is 0 Å². The molecule has 168 valence electrons. The second-order valence-electron chi connectivity index (χ2n) is 8.70. The van der Waals surface area contributed by atoms with Gasteiger partial charge in [0.1, 0.15) is 0 Å². The summed E-state index contributed by atoms with van der Waals surface area (Å²) in [6.45, 7) is 11.5. The highest BCUT2D eigenvalue weighted by atomic mass is 16.2. The number of benzene rings is 2. The molecule has 0 aliphatic rings. The Morgan fingerprint density at radius 1 is 1.03 bits per heavy atom. The van der Waals surface area contributed by atoms with E-state index in [0.717, 1.165) is 34.6 Å². The predicted octanol–water partition coefficient (Wildman–Crippen LogP) is 4.58. The number of hydrogen-bond donors (Lipinski definition) is 2. The Balaban J connectivity index is 1.58. The molecule has 1 heterocycles. The third kappa shape index (κ3) is 6.06. The SMILES string of the molecule is Cc1ccc(C(=O)Nc2cccc(CNC(=O)Cc3c(C)nn(CC(C)C)c3C)c2)cc1. The summed E-state index contributed by atoms with van der Waals surface area (Å²) in [5, 5.41) is 10.5. The molecule has 0 saturated carbocycles. The molecular weight excluding hydrogens is 400 g/mol. The lowest BCUT2D eigenvalue weighted by Crippen LogP contribution is -2.25. The Morgan fingerprint density at radius 3 is 2.44 bits per heavy atom. The molecule has 2 aromatic carbocycles. The molecule has 3 rings (SSSR count). The summed E-state index contributed by atoms with van der Waals surface area (Å²) in [6, 6.07) is 15.0. The number of amides is 2. The van der Waals surface area contributed by atoms with Crippen LogP contribution >= 0.6 is 0 Å². The molecule has 0 aliphatic carbocycles. The van der Waals surface area contributed by atoms with Crippen molar-refractivity contribution in [2.24, 2.45) is 5.92 Å². The first-order valence-electron chi connectivity index (χ1n) is 11.0. The van der Waals surface area contributed by atoms with Crippen LogP contribution < -0.4 is 10.6 Å². The zero-order valence-corrected chi connectivity index (χ0v) is 19.5. The molecule has 0 fully saturated rings. The summed E-state index contributed by atoms with van der Waals surface area (Å²) in [5.41, 5.74) is 6.27. The fourth-order valence-electron chi connectivity index (χ4n) is 3.60. The lowest BCUT2D eigenvalue weighted by molar-refractivity contribution is -0.120. The van der Waals surface area contributed by atoms with Crippen LogP contribution in [0.1, 0.15) is 52.3 Å². The van der Waals surface area contributed by atoms with Gasteiger partial charge in [0.2, 0.25) is 5.91 Å². The van der Waals surface area contributed by atoms with E-state index in [1.54, 1.807) is 0 Å². The van der Waals surface area contributed by atoms with Gasteiger partial charge < -0.3 is 10.6 Å². The van der Waals surface area contributed by atoms with Gasteiger partial charge >= 0.3 is 0 Å². The van der Waals surface area contributed by atoms with Crippen molar-refractivity contribution >= 4 is 17.5 Å². The van der Waals surface area contributed by atoms with E-state index >= 15 is 0 Å². The van der Waals surface area contributed by atoms with Crippen LogP contribution in [0.3, 0.4) is 0 Å². The largest absolute Gasteiger partial charge is 0.352 e. The molecule has 0 aliphatic heterocycles. The van der Waals surface area contributed by atoms with Crippen LogP contribution in [0.25, 0.3) is 0 Å². The molecular formula is C26H32N4O2.